The minimum atomic E-state index is -0.495. The maximum Gasteiger partial charge on any atom is 0.333 e. The monoisotopic (exact) mass is 226 g/mol. The molecule has 0 aliphatic rings. The van der Waals surface area contributed by atoms with Gasteiger partial charge in [-0.25, -0.2) is 4.79 Å². The fourth-order valence-electron chi connectivity index (χ4n) is 1.18. The number of rotatable bonds is 3. The van der Waals surface area contributed by atoms with Crippen LogP contribution in [0.4, 0.5) is 0 Å². The second-order valence-corrected chi connectivity index (χ2v) is 3.50. The van der Waals surface area contributed by atoms with Crippen LogP contribution < -0.4 is 0 Å². The van der Waals surface area contributed by atoms with Crippen molar-refractivity contribution in [2.75, 3.05) is 0 Å². The number of benzene rings is 1. The Morgan fingerprint density at radius 3 is 2.24 bits per heavy atom. The smallest absolute Gasteiger partial charge is 0.333 e. The molecule has 0 aromatic heterocycles. The van der Waals surface area contributed by atoms with Gasteiger partial charge in [-0.15, -0.1) is 0 Å². The van der Waals surface area contributed by atoms with Crippen molar-refractivity contribution in [3.05, 3.63) is 47.0 Å². The van der Waals surface area contributed by atoms with Gasteiger partial charge in [0.2, 0.25) is 0 Å². The maximum absolute atomic E-state index is 11.2. The molecule has 0 atom stereocenters. The lowest BCUT2D eigenvalue weighted by molar-refractivity contribution is -0.140. The molecule has 17 heavy (non-hydrogen) atoms. The first kappa shape index (κ1) is 12.5. The first-order chi connectivity index (χ1) is 8.06. The van der Waals surface area contributed by atoms with Crippen LogP contribution in [0.5, 0.6) is 0 Å². The number of carbonyl (C=O) groups is 1. The third-order valence-corrected chi connectivity index (χ3v) is 1.97. The zero-order valence-electron chi connectivity index (χ0n) is 9.36. The highest BCUT2D eigenvalue weighted by atomic mass is 16.5. The van der Waals surface area contributed by atoms with Gasteiger partial charge in [-0.05, 0) is 30.7 Å². The van der Waals surface area contributed by atoms with Gasteiger partial charge >= 0.3 is 5.97 Å². The third kappa shape index (κ3) is 3.48. The Kier molecular flexibility index (Phi) is 4.02. The van der Waals surface area contributed by atoms with Gasteiger partial charge in [0.1, 0.15) is 6.61 Å². The quantitative estimate of drug-likeness (QED) is 0.584. The number of nitriles is 2. The molecule has 4 nitrogen and oxygen atoms in total. The second kappa shape index (κ2) is 5.48. The topological polar surface area (TPSA) is 73.9 Å². The average molecular weight is 226 g/mol. The Bertz CT molecular complexity index is 515. The van der Waals surface area contributed by atoms with Crippen LogP contribution in [-0.2, 0) is 16.1 Å². The number of nitrogens with zero attached hydrogens (tertiary/aromatic N) is 2. The number of ether oxygens (including phenoxy) is 1. The molecule has 0 aliphatic heterocycles. The summed E-state index contributed by atoms with van der Waals surface area (Å²) in [7, 11) is 0. The molecule has 0 saturated heterocycles. The van der Waals surface area contributed by atoms with Crippen molar-refractivity contribution in [1.82, 2.24) is 0 Å². The Hall–Kier alpha value is -2.59. The molecular weight excluding hydrogens is 216 g/mol. The van der Waals surface area contributed by atoms with E-state index in [-0.39, 0.29) is 6.61 Å². The largest absolute Gasteiger partial charge is 0.457 e. The first-order valence-corrected chi connectivity index (χ1v) is 4.83. The molecule has 0 saturated carbocycles. The summed E-state index contributed by atoms with van der Waals surface area (Å²) in [5.74, 6) is -0.495. The Labute approximate surface area is 99.4 Å². The van der Waals surface area contributed by atoms with E-state index < -0.39 is 5.97 Å². The van der Waals surface area contributed by atoms with Gasteiger partial charge in [0.15, 0.2) is 0 Å². The van der Waals surface area contributed by atoms with Gasteiger partial charge in [0, 0.05) is 5.57 Å². The number of esters is 1. The number of carbonyl (C=O) groups excluding carboxylic acids is 1. The van der Waals surface area contributed by atoms with Crippen molar-refractivity contribution < 1.29 is 9.53 Å². The highest BCUT2D eigenvalue weighted by Gasteiger charge is 2.05. The highest BCUT2D eigenvalue weighted by molar-refractivity contribution is 5.86. The molecule has 0 heterocycles. The Morgan fingerprint density at radius 2 is 1.82 bits per heavy atom. The molecule has 0 amide bonds. The van der Waals surface area contributed by atoms with Gasteiger partial charge in [0.25, 0.3) is 0 Å². The van der Waals surface area contributed by atoms with Crippen molar-refractivity contribution in [2.24, 2.45) is 0 Å². The highest BCUT2D eigenvalue weighted by Crippen LogP contribution is 2.11. The van der Waals surface area contributed by atoms with Crippen LogP contribution in [0, 0.1) is 22.7 Å². The predicted octanol–water partition coefficient (Wildman–Crippen LogP) is 2.05. The average Bonchev–Trinajstić information content (AvgIpc) is 2.35. The summed E-state index contributed by atoms with van der Waals surface area (Å²) in [6, 6.07) is 8.51. The molecule has 84 valence electrons. The summed E-state index contributed by atoms with van der Waals surface area (Å²) in [6.45, 7) is 5.03. The molecule has 1 rings (SSSR count). The fourth-order valence-corrected chi connectivity index (χ4v) is 1.18. The van der Waals surface area contributed by atoms with Crippen LogP contribution in [-0.4, -0.2) is 5.97 Å². The molecule has 1 aromatic rings. The molecule has 0 N–H and O–H groups in total. The summed E-state index contributed by atoms with van der Waals surface area (Å²) < 4.78 is 4.93. The van der Waals surface area contributed by atoms with E-state index in [1.165, 1.54) is 6.07 Å². The van der Waals surface area contributed by atoms with Gasteiger partial charge in [-0.2, -0.15) is 10.5 Å². The Morgan fingerprint density at radius 1 is 1.29 bits per heavy atom. The van der Waals surface area contributed by atoms with E-state index in [1.807, 2.05) is 12.1 Å². The lowest BCUT2D eigenvalue weighted by Crippen LogP contribution is -2.05. The summed E-state index contributed by atoms with van der Waals surface area (Å²) in [5, 5.41) is 17.5. The molecule has 0 bridgehead atoms. The Balaban J connectivity index is 2.86. The first-order valence-electron chi connectivity index (χ1n) is 4.83. The molecule has 0 unspecified atom stereocenters. The van der Waals surface area contributed by atoms with Crippen LogP contribution in [0.3, 0.4) is 0 Å². The molecule has 0 radical (unpaired) electrons. The SMILES string of the molecule is C=C(C)C(=O)OCc1cc(C#N)cc(C#N)c1. The summed E-state index contributed by atoms with van der Waals surface area (Å²) >= 11 is 0. The molecule has 4 heteroatoms. The standard InChI is InChI=1S/C13H10N2O2/c1-9(2)13(16)17-8-12-4-10(6-14)3-11(5-12)7-15/h3-5H,1,8H2,2H3. The molecule has 1 aromatic carbocycles. The fraction of sp³-hybridized carbons (Fsp3) is 0.154. The van der Waals surface area contributed by atoms with Crippen molar-refractivity contribution in [3.63, 3.8) is 0 Å². The van der Waals surface area contributed by atoms with Crippen LogP contribution in [0.15, 0.2) is 30.4 Å². The normalized spacial score (nSPS) is 8.88. The van der Waals surface area contributed by atoms with E-state index in [9.17, 15) is 4.79 Å². The molecule has 0 spiro atoms. The van der Waals surface area contributed by atoms with Gasteiger partial charge in [-0.3, -0.25) is 0 Å². The summed E-state index contributed by atoms with van der Waals surface area (Å²) in [4.78, 5) is 11.2. The second-order valence-electron chi connectivity index (χ2n) is 3.50. The van der Waals surface area contributed by atoms with Crippen molar-refractivity contribution in [3.8, 4) is 12.1 Å². The van der Waals surface area contributed by atoms with Crippen molar-refractivity contribution in [2.45, 2.75) is 13.5 Å². The lowest BCUT2D eigenvalue weighted by Gasteiger charge is -2.05. The third-order valence-electron chi connectivity index (χ3n) is 1.97. The van der Waals surface area contributed by atoms with Crippen LogP contribution in [0.2, 0.25) is 0 Å². The number of hydrogen-bond donors (Lipinski definition) is 0. The van der Waals surface area contributed by atoms with Crippen LogP contribution in [0.25, 0.3) is 0 Å². The van der Waals surface area contributed by atoms with Gasteiger partial charge < -0.3 is 4.74 Å². The van der Waals surface area contributed by atoms with Crippen LogP contribution >= 0.6 is 0 Å². The zero-order valence-corrected chi connectivity index (χ0v) is 9.36. The predicted molar refractivity (Wildman–Crippen MR) is 60.5 cm³/mol. The summed E-state index contributed by atoms with van der Waals surface area (Å²) in [5.41, 5.74) is 1.65. The lowest BCUT2D eigenvalue weighted by atomic mass is 10.1. The minimum Gasteiger partial charge on any atom is -0.457 e. The van der Waals surface area contributed by atoms with Gasteiger partial charge in [0.05, 0.1) is 23.3 Å². The van der Waals surface area contributed by atoms with E-state index >= 15 is 0 Å². The van der Waals surface area contributed by atoms with E-state index in [0.717, 1.165) is 0 Å². The van der Waals surface area contributed by atoms with E-state index in [0.29, 0.717) is 22.3 Å². The summed E-state index contributed by atoms with van der Waals surface area (Å²) in [6.07, 6.45) is 0. The molecule has 0 fully saturated rings. The van der Waals surface area contributed by atoms with E-state index in [2.05, 4.69) is 6.58 Å². The van der Waals surface area contributed by atoms with Crippen molar-refractivity contribution in [1.29, 1.82) is 10.5 Å². The maximum atomic E-state index is 11.2. The van der Waals surface area contributed by atoms with Crippen LogP contribution in [0.1, 0.15) is 23.6 Å². The van der Waals surface area contributed by atoms with E-state index in [4.69, 9.17) is 15.3 Å². The van der Waals surface area contributed by atoms with E-state index in [1.54, 1.807) is 19.1 Å². The minimum absolute atomic E-state index is 0.0237. The number of hydrogen-bond acceptors (Lipinski definition) is 4. The van der Waals surface area contributed by atoms with Crippen molar-refractivity contribution >= 4 is 5.97 Å². The molecular formula is C13H10N2O2. The zero-order chi connectivity index (χ0) is 12.8. The molecule has 0 aliphatic carbocycles. The van der Waals surface area contributed by atoms with Gasteiger partial charge in [-0.1, -0.05) is 6.58 Å².